The summed E-state index contributed by atoms with van der Waals surface area (Å²) in [7, 11) is 1.60. The Bertz CT molecular complexity index is 426. The van der Waals surface area contributed by atoms with E-state index in [0.29, 0.717) is 12.2 Å². The number of hydrogen-bond acceptors (Lipinski definition) is 4. The van der Waals surface area contributed by atoms with Crippen LogP contribution in [0, 0.1) is 0 Å². The average Bonchev–Trinajstić information content (AvgIpc) is 2.48. The fourth-order valence-corrected chi connectivity index (χ4v) is 2.05. The van der Waals surface area contributed by atoms with Gasteiger partial charge in [0.2, 0.25) is 0 Å². The highest BCUT2D eigenvalue weighted by molar-refractivity contribution is 7.98. The fraction of sp³-hybridized carbons (Fsp3) is 0.429. The molecule has 0 aromatic heterocycles. The molecule has 0 radical (unpaired) electrons. The van der Waals surface area contributed by atoms with Crippen molar-refractivity contribution < 1.29 is 14.3 Å². The zero-order valence-electron chi connectivity index (χ0n) is 11.7. The number of methoxy groups -OCH3 is 1. The lowest BCUT2D eigenvalue weighted by Crippen LogP contribution is -2.40. The van der Waals surface area contributed by atoms with Crippen molar-refractivity contribution >= 4 is 29.3 Å². The first-order valence-corrected chi connectivity index (χ1v) is 7.72. The first kappa shape index (κ1) is 16.5. The van der Waals surface area contributed by atoms with Crippen molar-refractivity contribution in [2.24, 2.45) is 0 Å². The third-order valence-electron chi connectivity index (χ3n) is 2.71. The third-order valence-corrected chi connectivity index (χ3v) is 3.35. The number of carbonyl (C=O) groups excluding carboxylic acids is 2. The van der Waals surface area contributed by atoms with Crippen LogP contribution in [0.5, 0.6) is 0 Å². The molecule has 20 heavy (non-hydrogen) atoms. The Morgan fingerprint density at radius 3 is 2.55 bits per heavy atom. The van der Waals surface area contributed by atoms with Gasteiger partial charge in [-0.2, -0.15) is 11.8 Å². The molecule has 5 nitrogen and oxygen atoms in total. The highest BCUT2D eigenvalue weighted by Crippen LogP contribution is 2.05. The molecule has 0 spiro atoms. The van der Waals surface area contributed by atoms with E-state index in [4.69, 9.17) is 4.74 Å². The van der Waals surface area contributed by atoms with Gasteiger partial charge >= 0.3 is 11.8 Å². The minimum Gasteiger partial charge on any atom is -0.380 e. The van der Waals surface area contributed by atoms with Crippen LogP contribution in [-0.2, 0) is 14.3 Å². The van der Waals surface area contributed by atoms with Crippen LogP contribution < -0.4 is 10.6 Å². The van der Waals surface area contributed by atoms with E-state index < -0.39 is 11.8 Å². The first-order valence-electron chi connectivity index (χ1n) is 6.33. The molecule has 110 valence electrons. The van der Waals surface area contributed by atoms with Crippen molar-refractivity contribution in [2.75, 3.05) is 31.0 Å². The number of ether oxygens (including phenoxy) is 1. The molecular weight excluding hydrogens is 276 g/mol. The van der Waals surface area contributed by atoms with Crippen LogP contribution in [0.1, 0.15) is 6.42 Å². The van der Waals surface area contributed by atoms with Gasteiger partial charge in [-0.25, -0.2) is 0 Å². The van der Waals surface area contributed by atoms with Crippen molar-refractivity contribution in [1.82, 2.24) is 5.32 Å². The van der Waals surface area contributed by atoms with E-state index in [1.165, 1.54) is 0 Å². The maximum Gasteiger partial charge on any atom is 0.313 e. The van der Waals surface area contributed by atoms with E-state index in [9.17, 15) is 9.59 Å². The van der Waals surface area contributed by atoms with Gasteiger partial charge in [-0.3, -0.25) is 9.59 Å². The normalized spacial score (nSPS) is 11.7. The van der Waals surface area contributed by atoms with Crippen LogP contribution in [0.3, 0.4) is 0 Å². The molecule has 2 N–H and O–H groups in total. The van der Waals surface area contributed by atoms with Gasteiger partial charge in [0, 0.05) is 19.3 Å². The Morgan fingerprint density at radius 2 is 1.95 bits per heavy atom. The Kier molecular flexibility index (Phi) is 7.75. The lowest BCUT2D eigenvalue weighted by molar-refractivity contribution is -0.136. The molecule has 1 aromatic carbocycles. The lowest BCUT2D eigenvalue weighted by atomic mass is 10.2. The van der Waals surface area contributed by atoms with Crippen LogP contribution in [0.15, 0.2) is 30.3 Å². The molecule has 0 bridgehead atoms. The Labute approximate surface area is 123 Å². The van der Waals surface area contributed by atoms with E-state index in [-0.39, 0.29) is 6.10 Å². The van der Waals surface area contributed by atoms with E-state index in [0.717, 1.165) is 12.2 Å². The second-order valence-corrected chi connectivity index (χ2v) is 5.15. The molecule has 0 saturated carbocycles. The van der Waals surface area contributed by atoms with Crippen molar-refractivity contribution in [3.05, 3.63) is 30.3 Å². The van der Waals surface area contributed by atoms with E-state index in [1.807, 2.05) is 12.3 Å². The largest absolute Gasteiger partial charge is 0.380 e. The van der Waals surface area contributed by atoms with Gasteiger partial charge in [0.25, 0.3) is 0 Å². The molecule has 0 saturated heterocycles. The van der Waals surface area contributed by atoms with Crippen molar-refractivity contribution in [3.8, 4) is 0 Å². The van der Waals surface area contributed by atoms with Crippen LogP contribution in [0.25, 0.3) is 0 Å². The topological polar surface area (TPSA) is 67.4 Å². The average molecular weight is 296 g/mol. The molecular formula is C14H20N2O3S. The van der Waals surface area contributed by atoms with Gasteiger partial charge in [0.05, 0.1) is 6.10 Å². The van der Waals surface area contributed by atoms with Gasteiger partial charge in [0.1, 0.15) is 0 Å². The summed E-state index contributed by atoms with van der Waals surface area (Å²) in [6.45, 7) is 0.331. The Morgan fingerprint density at radius 1 is 1.25 bits per heavy atom. The maximum atomic E-state index is 11.7. The molecule has 1 unspecified atom stereocenters. The van der Waals surface area contributed by atoms with Gasteiger partial charge in [-0.15, -0.1) is 0 Å². The Balaban J connectivity index is 2.36. The summed E-state index contributed by atoms with van der Waals surface area (Å²) in [6, 6.07) is 8.86. The van der Waals surface area contributed by atoms with Crippen molar-refractivity contribution in [1.29, 1.82) is 0 Å². The van der Waals surface area contributed by atoms with Gasteiger partial charge in [0.15, 0.2) is 0 Å². The SMILES string of the molecule is COC(CCSC)CNC(=O)C(=O)Nc1ccccc1. The molecule has 1 rings (SSSR count). The number of benzene rings is 1. The van der Waals surface area contributed by atoms with Crippen molar-refractivity contribution in [2.45, 2.75) is 12.5 Å². The second kappa shape index (κ2) is 9.39. The van der Waals surface area contributed by atoms with Gasteiger partial charge in [-0.1, -0.05) is 18.2 Å². The molecule has 6 heteroatoms. The van der Waals surface area contributed by atoms with E-state index >= 15 is 0 Å². The first-order chi connectivity index (χ1) is 9.67. The zero-order chi connectivity index (χ0) is 14.8. The zero-order valence-corrected chi connectivity index (χ0v) is 12.5. The monoisotopic (exact) mass is 296 g/mol. The number of nitrogens with one attached hydrogen (secondary N) is 2. The van der Waals surface area contributed by atoms with Gasteiger partial charge < -0.3 is 15.4 Å². The van der Waals surface area contributed by atoms with E-state index in [2.05, 4.69) is 10.6 Å². The number of hydrogen-bond donors (Lipinski definition) is 2. The summed E-state index contributed by atoms with van der Waals surface area (Å²) in [5, 5.41) is 5.11. The lowest BCUT2D eigenvalue weighted by Gasteiger charge is -2.15. The number of para-hydroxylation sites is 1. The third kappa shape index (κ3) is 6.08. The predicted molar refractivity (Wildman–Crippen MR) is 81.9 cm³/mol. The summed E-state index contributed by atoms with van der Waals surface area (Å²) in [6.07, 6.45) is 2.77. The van der Waals surface area contributed by atoms with Crippen LogP contribution in [0.2, 0.25) is 0 Å². The maximum absolute atomic E-state index is 11.7. The molecule has 0 fully saturated rings. The summed E-state index contributed by atoms with van der Waals surface area (Å²) in [5.41, 5.74) is 0.596. The predicted octanol–water partition coefficient (Wildman–Crippen LogP) is 1.51. The Hall–Kier alpha value is -1.53. The smallest absolute Gasteiger partial charge is 0.313 e. The number of rotatable bonds is 7. The van der Waals surface area contributed by atoms with Crippen LogP contribution in [-0.4, -0.2) is 43.6 Å². The quantitative estimate of drug-likeness (QED) is 0.749. The van der Waals surface area contributed by atoms with Crippen molar-refractivity contribution in [3.63, 3.8) is 0 Å². The molecule has 1 atom stereocenters. The number of carbonyl (C=O) groups is 2. The highest BCUT2D eigenvalue weighted by atomic mass is 32.2. The summed E-state index contributed by atoms with van der Waals surface area (Å²) in [5.74, 6) is -0.374. The summed E-state index contributed by atoms with van der Waals surface area (Å²) >= 11 is 1.72. The molecule has 0 aliphatic carbocycles. The molecule has 2 amide bonds. The van der Waals surface area contributed by atoms with Crippen LogP contribution >= 0.6 is 11.8 Å². The molecule has 1 aromatic rings. The number of thioether (sulfide) groups is 1. The standard InChI is InChI=1S/C14H20N2O3S/c1-19-12(8-9-20-2)10-15-13(17)14(18)16-11-6-4-3-5-7-11/h3-7,12H,8-10H2,1-2H3,(H,15,17)(H,16,18). The number of anilines is 1. The minimum atomic E-state index is -0.670. The fourth-order valence-electron chi connectivity index (χ4n) is 1.55. The summed E-state index contributed by atoms with van der Waals surface area (Å²) < 4.78 is 5.24. The second-order valence-electron chi connectivity index (χ2n) is 4.17. The molecule has 0 aliphatic heterocycles. The highest BCUT2D eigenvalue weighted by Gasteiger charge is 2.15. The molecule has 0 aliphatic rings. The van der Waals surface area contributed by atoms with Crippen LogP contribution in [0.4, 0.5) is 5.69 Å². The van der Waals surface area contributed by atoms with E-state index in [1.54, 1.807) is 43.1 Å². The summed E-state index contributed by atoms with van der Waals surface area (Å²) in [4.78, 5) is 23.3. The number of amides is 2. The minimum absolute atomic E-state index is 0.0732. The van der Waals surface area contributed by atoms with Gasteiger partial charge in [-0.05, 0) is 30.6 Å². The molecule has 0 heterocycles.